The van der Waals surface area contributed by atoms with Gasteiger partial charge < -0.3 is 9.47 Å². The van der Waals surface area contributed by atoms with E-state index in [-0.39, 0.29) is 5.75 Å². The monoisotopic (exact) mass is 358 g/mol. The Morgan fingerprint density at radius 2 is 1.29 bits per heavy atom. The molecule has 0 aliphatic rings. The molecule has 0 saturated heterocycles. The van der Waals surface area contributed by atoms with Gasteiger partial charge in [0, 0.05) is 5.56 Å². The molecule has 0 atom stereocenters. The Balaban J connectivity index is 2.80. The molecule has 0 bridgehead atoms. The van der Waals surface area contributed by atoms with Crippen LogP contribution in [0.15, 0.2) is 18.2 Å². The van der Waals surface area contributed by atoms with E-state index in [4.69, 9.17) is 0 Å². The normalized spacial score (nSPS) is 11.5. The highest BCUT2D eigenvalue weighted by molar-refractivity contribution is 5.73. The van der Waals surface area contributed by atoms with Gasteiger partial charge in [-0.1, -0.05) is 0 Å². The van der Waals surface area contributed by atoms with Crippen molar-refractivity contribution in [1.82, 2.24) is 0 Å². The number of hydrogen-bond donors (Lipinski definition) is 0. The Hall–Kier alpha value is -2.52. The minimum atomic E-state index is -5.26. The second-order valence-electron chi connectivity index (χ2n) is 4.35. The zero-order valence-corrected chi connectivity index (χ0v) is 11.6. The minimum absolute atomic E-state index is 0.191. The third-order valence-electron chi connectivity index (χ3n) is 2.89. The van der Waals surface area contributed by atoms with Gasteiger partial charge in [-0.15, -0.1) is 13.2 Å². The van der Waals surface area contributed by atoms with Crippen LogP contribution in [-0.4, -0.2) is 13.5 Å². The highest BCUT2D eigenvalue weighted by Gasteiger charge is 2.34. The van der Waals surface area contributed by atoms with Crippen LogP contribution in [0.2, 0.25) is 0 Å². The SMILES string of the molecule is COc1ccc(OC(F)(F)F)c(-c2c(F)c(F)c(F)c(F)c2F)c1. The average Bonchev–Trinajstić information content (AvgIpc) is 2.51. The van der Waals surface area contributed by atoms with E-state index in [9.17, 15) is 35.1 Å². The van der Waals surface area contributed by atoms with Crippen LogP contribution in [0.25, 0.3) is 11.1 Å². The van der Waals surface area contributed by atoms with Crippen molar-refractivity contribution in [3.63, 3.8) is 0 Å². The van der Waals surface area contributed by atoms with Gasteiger partial charge in [-0.3, -0.25) is 0 Å². The summed E-state index contributed by atoms with van der Waals surface area (Å²) in [7, 11) is 1.09. The van der Waals surface area contributed by atoms with Crippen molar-refractivity contribution in [1.29, 1.82) is 0 Å². The van der Waals surface area contributed by atoms with Gasteiger partial charge in [-0.05, 0) is 18.2 Å². The molecule has 10 heteroatoms. The van der Waals surface area contributed by atoms with Gasteiger partial charge in [0.25, 0.3) is 0 Å². The second-order valence-corrected chi connectivity index (χ2v) is 4.35. The molecule has 130 valence electrons. The van der Waals surface area contributed by atoms with E-state index < -0.39 is 52.3 Å². The first-order valence-electron chi connectivity index (χ1n) is 6.02. The predicted molar refractivity (Wildman–Crippen MR) is 64.9 cm³/mol. The molecule has 0 saturated carbocycles. The predicted octanol–water partition coefficient (Wildman–Crippen LogP) is 4.96. The quantitative estimate of drug-likeness (QED) is 0.439. The van der Waals surface area contributed by atoms with Gasteiger partial charge in [0.1, 0.15) is 11.5 Å². The fourth-order valence-corrected chi connectivity index (χ4v) is 1.89. The third-order valence-corrected chi connectivity index (χ3v) is 2.89. The van der Waals surface area contributed by atoms with Crippen molar-refractivity contribution in [2.24, 2.45) is 0 Å². The van der Waals surface area contributed by atoms with E-state index in [1.807, 2.05) is 0 Å². The van der Waals surface area contributed by atoms with Gasteiger partial charge >= 0.3 is 6.36 Å². The third kappa shape index (κ3) is 3.22. The minimum Gasteiger partial charge on any atom is -0.497 e. The van der Waals surface area contributed by atoms with Gasteiger partial charge in [0.2, 0.25) is 5.82 Å². The fourth-order valence-electron chi connectivity index (χ4n) is 1.89. The summed E-state index contributed by atoms with van der Waals surface area (Å²) in [5.41, 5.74) is -2.58. The molecular formula is C14H6F8O2. The van der Waals surface area contributed by atoms with Gasteiger partial charge in [0.15, 0.2) is 23.3 Å². The number of halogens is 8. The molecule has 24 heavy (non-hydrogen) atoms. The first kappa shape index (κ1) is 17.8. The summed E-state index contributed by atoms with van der Waals surface area (Å²) in [5.74, 6) is -13.0. The summed E-state index contributed by atoms with van der Waals surface area (Å²) in [6, 6.07) is 2.23. The lowest BCUT2D eigenvalue weighted by Gasteiger charge is -2.16. The van der Waals surface area contributed by atoms with E-state index in [2.05, 4.69) is 9.47 Å². The van der Waals surface area contributed by atoms with Crippen molar-refractivity contribution in [3.8, 4) is 22.6 Å². The van der Waals surface area contributed by atoms with Crippen LogP contribution >= 0.6 is 0 Å². The molecule has 0 unspecified atom stereocenters. The van der Waals surface area contributed by atoms with Crippen molar-refractivity contribution in [3.05, 3.63) is 47.3 Å². The molecule has 0 aliphatic carbocycles. The summed E-state index contributed by atoms with van der Waals surface area (Å²) in [6.45, 7) is 0. The van der Waals surface area contributed by atoms with Gasteiger partial charge in [0.05, 0.1) is 12.7 Å². The maximum Gasteiger partial charge on any atom is 0.573 e. The van der Waals surface area contributed by atoms with Crippen LogP contribution in [0, 0.1) is 29.1 Å². The fraction of sp³-hybridized carbons (Fsp3) is 0.143. The standard InChI is InChI=1S/C14H6F8O2/c1-23-5-2-3-7(24-14(20,21)22)6(4-5)8-9(15)11(17)13(19)12(18)10(8)16/h2-4H,1H3. The topological polar surface area (TPSA) is 18.5 Å². The number of alkyl halides is 3. The van der Waals surface area contributed by atoms with Crippen LogP contribution in [0.3, 0.4) is 0 Å². The zero-order chi connectivity index (χ0) is 18.2. The lowest BCUT2D eigenvalue weighted by atomic mass is 10.0. The molecule has 2 aromatic rings. The second kappa shape index (κ2) is 6.17. The molecule has 0 aliphatic heterocycles. The molecule has 2 aromatic carbocycles. The lowest BCUT2D eigenvalue weighted by molar-refractivity contribution is -0.274. The van der Waals surface area contributed by atoms with Crippen molar-refractivity contribution < 1.29 is 44.6 Å². The Kier molecular flexibility index (Phi) is 4.59. The number of rotatable bonds is 3. The number of benzene rings is 2. The molecule has 2 rings (SSSR count). The molecule has 0 radical (unpaired) electrons. The van der Waals surface area contributed by atoms with Gasteiger partial charge in [-0.25, -0.2) is 22.0 Å². The van der Waals surface area contributed by atoms with E-state index in [0.717, 1.165) is 13.2 Å². The van der Waals surface area contributed by atoms with Crippen LogP contribution < -0.4 is 9.47 Å². The molecule has 0 spiro atoms. The molecule has 0 heterocycles. The van der Waals surface area contributed by atoms with E-state index >= 15 is 0 Å². The van der Waals surface area contributed by atoms with Crippen molar-refractivity contribution >= 4 is 0 Å². The Morgan fingerprint density at radius 1 is 0.792 bits per heavy atom. The molecule has 2 nitrogen and oxygen atoms in total. The first-order chi connectivity index (χ1) is 11.1. The van der Waals surface area contributed by atoms with Crippen LogP contribution in [0.1, 0.15) is 0 Å². The van der Waals surface area contributed by atoms with Crippen molar-refractivity contribution in [2.45, 2.75) is 6.36 Å². The number of hydrogen-bond acceptors (Lipinski definition) is 2. The van der Waals surface area contributed by atoms with Crippen LogP contribution in [0.5, 0.6) is 11.5 Å². The highest BCUT2D eigenvalue weighted by Crippen LogP contribution is 2.40. The summed E-state index contributed by atoms with van der Waals surface area (Å²) in [5, 5.41) is 0. The number of ether oxygens (including phenoxy) is 2. The Labute approximate surface area is 129 Å². The van der Waals surface area contributed by atoms with E-state index in [1.54, 1.807) is 0 Å². The summed E-state index contributed by atoms with van der Waals surface area (Å²) in [4.78, 5) is 0. The van der Waals surface area contributed by atoms with Crippen LogP contribution in [-0.2, 0) is 0 Å². The molecule has 0 amide bonds. The molecule has 0 N–H and O–H groups in total. The molecule has 0 fully saturated rings. The smallest absolute Gasteiger partial charge is 0.497 e. The average molecular weight is 358 g/mol. The maximum atomic E-state index is 13.8. The van der Waals surface area contributed by atoms with E-state index in [0.29, 0.717) is 12.1 Å². The molecular weight excluding hydrogens is 352 g/mol. The van der Waals surface area contributed by atoms with Gasteiger partial charge in [-0.2, -0.15) is 0 Å². The largest absolute Gasteiger partial charge is 0.573 e. The Bertz CT molecular complexity index is 756. The van der Waals surface area contributed by atoms with E-state index in [1.165, 1.54) is 0 Å². The first-order valence-corrected chi connectivity index (χ1v) is 6.02. The Morgan fingerprint density at radius 3 is 1.75 bits per heavy atom. The number of methoxy groups -OCH3 is 1. The summed E-state index contributed by atoms with van der Waals surface area (Å²) in [6.07, 6.45) is -5.26. The lowest BCUT2D eigenvalue weighted by Crippen LogP contribution is -2.18. The molecule has 0 aromatic heterocycles. The van der Waals surface area contributed by atoms with Crippen LogP contribution in [0.4, 0.5) is 35.1 Å². The maximum absolute atomic E-state index is 13.8. The summed E-state index contributed by atoms with van der Waals surface area (Å²) < 4.78 is 113. The zero-order valence-electron chi connectivity index (χ0n) is 11.6. The highest BCUT2D eigenvalue weighted by atomic mass is 19.4. The van der Waals surface area contributed by atoms with Crippen molar-refractivity contribution in [2.75, 3.05) is 7.11 Å². The summed E-state index contributed by atoms with van der Waals surface area (Å²) >= 11 is 0.